The van der Waals surface area contributed by atoms with Crippen molar-refractivity contribution in [3.63, 3.8) is 0 Å². The Hall–Kier alpha value is -1.96. The first-order valence-electron chi connectivity index (χ1n) is 7.29. The molecule has 0 aromatic carbocycles. The van der Waals surface area contributed by atoms with Crippen LogP contribution in [-0.2, 0) is 15.3 Å². The van der Waals surface area contributed by atoms with Crippen LogP contribution in [0.5, 0.6) is 0 Å². The van der Waals surface area contributed by atoms with Gasteiger partial charge in [0.25, 0.3) is 5.91 Å². The van der Waals surface area contributed by atoms with Crippen molar-refractivity contribution in [1.29, 1.82) is 0 Å². The molecule has 21 heavy (non-hydrogen) atoms. The zero-order chi connectivity index (χ0) is 15.1. The fourth-order valence-electron chi connectivity index (χ4n) is 2.81. The number of hydrogen-bond acceptors (Lipinski definition) is 5. The number of aromatic nitrogens is 3. The molecule has 3 N–H and O–H groups in total. The summed E-state index contributed by atoms with van der Waals surface area (Å²) in [6, 6.07) is 0. The zero-order valence-corrected chi connectivity index (χ0v) is 12.1. The number of nitrogens with zero attached hydrogens (tertiary/aromatic N) is 4. The highest BCUT2D eigenvalue weighted by Crippen LogP contribution is 2.19. The van der Waals surface area contributed by atoms with Gasteiger partial charge in [-0.15, -0.1) is 5.10 Å². The highest BCUT2D eigenvalue weighted by Gasteiger charge is 2.39. The van der Waals surface area contributed by atoms with E-state index in [2.05, 4.69) is 20.5 Å². The van der Waals surface area contributed by atoms with Gasteiger partial charge in [-0.3, -0.25) is 9.59 Å². The molecule has 1 aliphatic rings. The summed E-state index contributed by atoms with van der Waals surface area (Å²) in [5.74, 6) is -0.640. The minimum absolute atomic E-state index is 0.390. The number of nitrogens with two attached hydrogens (primary N) is 1. The average molecular weight is 294 g/mol. The van der Waals surface area contributed by atoms with Crippen LogP contribution in [0.25, 0.3) is 0 Å². The summed E-state index contributed by atoms with van der Waals surface area (Å²) in [5.41, 5.74) is 4.17. The Labute approximate surface area is 123 Å². The average Bonchev–Trinajstić information content (AvgIpc) is 3.01. The number of primary amides is 1. The van der Waals surface area contributed by atoms with E-state index in [4.69, 9.17) is 5.73 Å². The molecule has 1 aromatic heterocycles. The van der Waals surface area contributed by atoms with Gasteiger partial charge in [-0.2, -0.15) is 0 Å². The lowest BCUT2D eigenvalue weighted by molar-refractivity contribution is -0.133. The molecular weight excluding hydrogens is 272 g/mol. The van der Waals surface area contributed by atoms with E-state index in [9.17, 15) is 9.59 Å². The van der Waals surface area contributed by atoms with E-state index in [0.717, 1.165) is 26.1 Å². The maximum absolute atomic E-state index is 11.9. The Morgan fingerprint density at radius 3 is 2.71 bits per heavy atom. The van der Waals surface area contributed by atoms with Gasteiger partial charge in [-0.05, 0) is 38.9 Å². The molecule has 2 heterocycles. The molecule has 8 heteroatoms. The Kier molecular flexibility index (Phi) is 5.26. The van der Waals surface area contributed by atoms with E-state index in [1.165, 1.54) is 36.3 Å². The number of rotatable bonds is 8. The number of hydrogen-bond donors (Lipinski definition) is 2. The van der Waals surface area contributed by atoms with Crippen molar-refractivity contribution in [2.45, 2.75) is 37.8 Å². The summed E-state index contributed by atoms with van der Waals surface area (Å²) in [4.78, 5) is 25.2. The van der Waals surface area contributed by atoms with Gasteiger partial charge in [0.2, 0.25) is 12.1 Å². The van der Waals surface area contributed by atoms with Gasteiger partial charge >= 0.3 is 0 Å². The van der Waals surface area contributed by atoms with E-state index in [0.29, 0.717) is 12.8 Å². The number of carbonyl (C=O) groups excluding carboxylic acids is 2. The molecule has 8 nitrogen and oxygen atoms in total. The summed E-state index contributed by atoms with van der Waals surface area (Å²) >= 11 is 0. The topological polar surface area (TPSA) is 106 Å². The second kappa shape index (κ2) is 7.16. The van der Waals surface area contributed by atoms with Gasteiger partial charge in [0.1, 0.15) is 0 Å². The maximum Gasteiger partial charge on any atom is 0.266 e. The molecule has 1 aliphatic heterocycles. The molecule has 1 unspecified atom stereocenters. The third-order valence-corrected chi connectivity index (χ3v) is 3.98. The van der Waals surface area contributed by atoms with Gasteiger partial charge < -0.3 is 16.0 Å². The standard InChI is InChI=1S/C13H22N6O2/c14-12(21)13(15-11-20,19-10-6-16-17-19)5-4-9-18-7-2-1-3-8-18/h6,10-11H,1-5,7-9H2,(H2,14,21)(H,15,20). The smallest absolute Gasteiger partial charge is 0.266 e. The molecule has 2 amide bonds. The predicted octanol–water partition coefficient (Wildman–Crippen LogP) is -0.572. The van der Waals surface area contributed by atoms with Gasteiger partial charge in [0.15, 0.2) is 0 Å². The molecule has 2 rings (SSSR count). The van der Waals surface area contributed by atoms with Crippen LogP contribution < -0.4 is 11.1 Å². The fourth-order valence-corrected chi connectivity index (χ4v) is 2.81. The largest absolute Gasteiger partial charge is 0.366 e. The summed E-state index contributed by atoms with van der Waals surface area (Å²) in [6.45, 7) is 3.06. The van der Waals surface area contributed by atoms with Crippen LogP contribution >= 0.6 is 0 Å². The Morgan fingerprint density at radius 1 is 1.38 bits per heavy atom. The monoisotopic (exact) mass is 294 g/mol. The molecule has 0 aliphatic carbocycles. The van der Waals surface area contributed by atoms with Crippen LogP contribution in [0.3, 0.4) is 0 Å². The summed E-state index contributed by atoms with van der Waals surface area (Å²) in [5, 5.41) is 10.0. The molecule has 1 atom stereocenters. The van der Waals surface area contributed by atoms with E-state index < -0.39 is 11.6 Å². The van der Waals surface area contributed by atoms with Crippen molar-refractivity contribution >= 4 is 12.3 Å². The van der Waals surface area contributed by atoms with Crippen LogP contribution in [-0.4, -0.2) is 51.8 Å². The minimum atomic E-state index is -1.34. The SMILES string of the molecule is NC(=O)C(CCCN1CCCCC1)(NC=O)n1ccnn1. The van der Waals surface area contributed by atoms with Crippen molar-refractivity contribution in [2.24, 2.45) is 5.73 Å². The number of likely N-dealkylation sites (tertiary alicyclic amines) is 1. The van der Waals surface area contributed by atoms with E-state index in [1.807, 2.05) is 0 Å². The summed E-state index contributed by atoms with van der Waals surface area (Å²) < 4.78 is 1.32. The first-order chi connectivity index (χ1) is 10.2. The Bertz CT molecular complexity index is 457. The number of nitrogens with one attached hydrogen (secondary N) is 1. The quantitative estimate of drug-likeness (QED) is 0.624. The van der Waals surface area contributed by atoms with Crippen molar-refractivity contribution in [3.05, 3.63) is 12.4 Å². The van der Waals surface area contributed by atoms with Crippen LogP contribution in [0.15, 0.2) is 12.4 Å². The second-order valence-corrected chi connectivity index (χ2v) is 5.34. The number of amides is 2. The maximum atomic E-state index is 11.9. The Morgan fingerprint density at radius 2 is 2.14 bits per heavy atom. The highest BCUT2D eigenvalue weighted by molar-refractivity contribution is 5.84. The molecule has 1 aromatic rings. The lowest BCUT2D eigenvalue weighted by Gasteiger charge is -2.31. The van der Waals surface area contributed by atoms with Gasteiger partial charge in [0.05, 0.1) is 6.20 Å². The minimum Gasteiger partial charge on any atom is -0.366 e. The van der Waals surface area contributed by atoms with Crippen molar-refractivity contribution in [1.82, 2.24) is 25.2 Å². The molecule has 116 valence electrons. The summed E-state index contributed by atoms with van der Waals surface area (Å²) in [7, 11) is 0. The van der Waals surface area contributed by atoms with Gasteiger partial charge in [-0.25, -0.2) is 4.68 Å². The number of piperidine rings is 1. The molecule has 0 spiro atoms. The second-order valence-electron chi connectivity index (χ2n) is 5.34. The zero-order valence-electron chi connectivity index (χ0n) is 12.1. The molecule has 0 radical (unpaired) electrons. The molecule has 0 bridgehead atoms. The van der Waals surface area contributed by atoms with E-state index >= 15 is 0 Å². The fraction of sp³-hybridized carbons (Fsp3) is 0.692. The van der Waals surface area contributed by atoms with E-state index in [1.54, 1.807) is 0 Å². The Balaban J connectivity index is 2.01. The molecular formula is C13H22N6O2. The lowest BCUT2D eigenvalue weighted by Crippen LogP contribution is -2.57. The predicted molar refractivity (Wildman–Crippen MR) is 75.9 cm³/mol. The first kappa shape index (κ1) is 15.4. The third kappa shape index (κ3) is 3.57. The lowest BCUT2D eigenvalue weighted by atomic mass is 10.0. The van der Waals surface area contributed by atoms with Crippen molar-refractivity contribution in [3.8, 4) is 0 Å². The van der Waals surface area contributed by atoms with Crippen LogP contribution in [0.1, 0.15) is 32.1 Å². The molecule has 1 saturated heterocycles. The van der Waals surface area contributed by atoms with Crippen LogP contribution in [0.2, 0.25) is 0 Å². The van der Waals surface area contributed by atoms with E-state index in [-0.39, 0.29) is 0 Å². The van der Waals surface area contributed by atoms with Gasteiger partial charge in [-0.1, -0.05) is 11.6 Å². The van der Waals surface area contributed by atoms with Crippen LogP contribution in [0, 0.1) is 0 Å². The first-order valence-corrected chi connectivity index (χ1v) is 7.29. The molecule has 1 fully saturated rings. The van der Waals surface area contributed by atoms with Crippen molar-refractivity contribution in [2.75, 3.05) is 19.6 Å². The van der Waals surface area contributed by atoms with Gasteiger partial charge in [0, 0.05) is 12.6 Å². The normalized spacial score (nSPS) is 18.9. The van der Waals surface area contributed by atoms with Crippen molar-refractivity contribution < 1.29 is 9.59 Å². The third-order valence-electron chi connectivity index (χ3n) is 3.98. The molecule has 0 saturated carbocycles. The van der Waals surface area contributed by atoms with Crippen LogP contribution in [0.4, 0.5) is 0 Å². The number of carbonyl (C=O) groups is 2. The summed E-state index contributed by atoms with van der Waals surface area (Å²) in [6.07, 6.45) is 8.31. The highest BCUT2D eigenvalue weighted by atomic mass is 16.2.